The van der Waals surface area contributed by atoms with E-state index in [1.165, 1.54) is 5.56 Å². The van der Waals surface area contributed by atoms with Gasteiger partial charge in [-0.1, -0.05) is 53.7 Å². The molecule has 1 unspecified atom stereocenters. The minimum absolute atomic E-state index is 0.186. The molecule has 0 amide bonds. The number of ether oxygens (including phenoxy) is 1. The fraction of sp³-hybridized carbons (Fsp3) is 0.700. The predicted octanol–water partition coefficient (Wildman–Crippen LogP) is 5.30. The third-order valence-electron chi connectivity index (χ3n) is 4.21. The van der Waals surface area contributed by atoms with Gasteiger partial charge in [0.25, 0.3) is 10.1 Å². The van der Waals surface area contributed by atoms with Gasteiger partial charge in [-0.05, 0) is 53.7 Å². The second-order valence-electron chi connectivity index (χ2n) is 9.09. The van der Waals surface area contributed by atoms with Crippen LogP contribution in [0.4, 0.5) is 0 Å². The average molecular weight is 371 g/mol. The van der Waals surface area contributed by atoms with Crippen LogP contribution in [0.2, 0.25) is 0 Å². The van der Waals surface area contributed by atoms with E-state index in [0.717, 1.165) is 12.2 Å². The lowest BCUT2D eigenvalue weighted by atomic mass is 9.69. The minimum atomic E-state index is -3.87. The molecule has 1 rings (SSSR count). The number of rotatable bonds is 8. The van der Waals surface area contributed by atoms with Crippen molar-refractivity contribution in [3.8, 4) is 5.75 Å². The maximum atomic E-state index is 10.7. The average Bonchev–Trinajstić information content (AvgIpc) is 2.42. The lowest BCUT2D eigenvalue weighted by Crippen LogP contribution is -2.23. The van der Waals surface area contributed by atoms with Crippen LogP contribution in [0.25, 0.3) is 0 Å². The van der Waals surface area contributed by atoms with Crippen molar-refractivity contribution >= 4 is 10.1 Å². The smallest absolute Gasteiger partial charge is 0.264 e. The van der Waals surface area contributed by atoms with Gasteiger partial charge >= 0.3 is 0 Å². The van der Waals surface area contributed by atoms with Crippen molar-refractivity contribution in [1.82, 2.24) is 0 Å². The second kappa shape index (κ2) is 8.54. The molecule has 25 heavy (non-hydrogen) atoms. The number of benzene rings is 1. The molecular weight excluding hydrogens is 336 g/mol. The topological polar surface area (TPSA) is 63.6 Å². The molecule has 0 bridgehead atoms. The molecule has 0 aliphatic rings. The summed E-state index contributed by atoms with van der Waals surface area (Å²) in [5, 5.41) is 0. The summed E-state index contributed by atoms with van der Waals surface area (Å²) in [6.07, 6.45) is 2.11. The van der Waals surface area contributed by atoms with Crippen LogP contribution in [0.1, 0.15) is 72.3 Å². The fourth-order valence-corrected chi connectivity index (χ4v) is 3.48. The van der Waals surface area contributed by atoms with Crippen LogP contribution in [0, 0.1) is 10.8 Å². The number of hydrogen-bond acceptors (Lipinski definition) is 3. The highest BCUT2D eigenvalue weighted by atomic mass is 32.2. The van der Waals surface area contributed by atoms with Gasteiger partial charge in [0.15, 0.2) is 0 Å². The Balaban J connectivity index is 2.64. The lowest BCUT2D eigenvalue weighted by Gasteiger charge is -2.36. The van der Waals surface area contributed by atoms with Crippen molar-refractivity contribution in [3.63, 3.8) is 0 Å². The highest BCUT2D eigenvalue weighted by Gasteiger charge is 2.30. The Morgan fingerprint density at radius 1 is 1.00 bits per heavy atom. The third kappa shape index (κ3) is 9.26. The summed E-state index contributed by atoms with van der Waals surface area (Å²) in [4.78, 5) is 0. The Hall–Kier alpha value is -1.07. The van der Waals surface area contributed by atoms with E-state index in [4.69, 9.17) is 9.29 Å². The normalized spacial score (nSPS) is 14.4. The monoisotopic (exact) mass is 370 g/mol. The zero-order valence-electron chi connectivity index (χ0n) is 16.5. The van der Waals surface area contributed by atoms with Crippen molar-refractivity contribution in [1.29, 1.82) is 0 Å². The Labute approximate surface area is 153 Å². The van der Waals surface area contributed by atoms with Crippen LogP contribution in [-0.4, -0.2) is 25.3 Å². The zero-order valence-corrected chi connectivity index (χ0v) is 17.3. The van der Waals surface area contributed by atoms with Crippen molar-refractivity contribution in [2.24, 2.45) is 10.8 Å². The second-order valence-corrected chi connectivity index (χ2v) is 10.7. The molecule has 1 aromatic rings. The van der Waals surface area contributed by atoms with Gasteiger partial charge in [0.1, 0.15) is 5.75 Å². The lowest BCUT2D eigenvalue weighted by molar-refractivity contribution is 0.229. The first-order chi connectivity index (χ1) is 11.3. The van der Waals surface area contributed by atoms with E-state index < -0.39 is 10.1 Å². The van der Waals surface area contributed by atoms with E-state index in [1.54, 1.807) is 0 Å². The molecule has 144 valence electrons. The highest BCUT2D eigenvalue weighted by Crippen LogP contribution is 2.43. The third-order valence-corrected chi connectivity index (χ3v) is 5.01. The van der Waals surface area contributed by atoms with E-state index >= 15 is 0 Å². The maximum Gasteiger partial charge on any atom is 0.264 e. The summed E-state index contributed by atoms with van der Waals surface area (Å²) in [5.41, 5.74) is 1.77. The summed E-state index contributed by atoms with van der Waals surface area (Å²) in [6, 6.07) is 8.24. The molecule has 0 fully saturated rings. The van der Waals surface area contributed by atoms with E-state index in [0.29, 0.717) is 25.4 Å². The van der Waals surface area contributed by atoms with E-state index in [1.807, 2.05) is 12.1 Å². The van der Waals surface area contributed by atoms with Crippen LogP contribution in [0.5, 0.6) is 5.75 Å². The van der Waals surface area contributed by atoms with E-state index in [-0.39, 0.29) is 16.6 Å². The Morgan fingerprint density at radius 3 is 2.00 bits per heavy atom. The molecule has 0 saturated heterocycles. The molecule has 0 aliphatic carbocycles. The molecule has 4 nitrogen and oxygen atoms in total. The molecule has 0 aliphatic heterocycles. The van der Waals surface area contributed by atoms with Crippen molar-refractivity contribution < 1.29 is 17.7 Å². The quantitative estimate of drug-likeness (QED) is 0.498. The first-order valence-corrected chi connectivity index (χ1v) is 10.6. The number of hydrogen-bond donors (Lipinski definition) is 1. The van der Waals surface area contributed by atoms with Crippen LogP contribution in [-0.2, 0) is 10.1 Å². The molecule has 1 aromatic carbocycles. The molecule has 0 saturated carbocycles. The first-order valence-electron chi connectivity index (χ1n) is 8.96. The summed E-state index contributed by atoms with van der Waals surface area (Å²) in [6.45, 7) is 14.1. The van der Waals surface area contributed by atoms with Gasteiger partial charge in [-0.25, -0.2) is 0 Å². The summed E-state index contributed by atoms with van der Waals surface area (Å²) in [5.74, 6) is 1.05. The van der Waals surface area contributed by atoms with Gasteiger partial charge < -0.3 is 4.74 Å². The Bertz CT molecular complexity index is 619. The molecule has 1 atom stereocenters. The molecule has 5 heteroatoms. The molecule has 0 radical (unpaired) electrons. The summed E-state index contributed by atoms with van der Waals surface area (Å²) >= 11 is 0. The largest absolute Gasteiger partial charge is 0.494 e. The van der Waals surface area contributed by atoms with Gasteiger partial charge in [-0.3, -0.25) is 4.55 Å². The summed E-state index contributed by atoms with van der Waals surface area (Å²) in [7, 11) is -3.87. The van der Waals surface area contributed by atoms with Crippen molar-refractivity contribution in [2.45, 2.75) is 66.7 Å². The molecular formula is C20H34O4S. The standard InChI is InChI=1S/C20H34O4S/c1-19(2,3)15-18(20(4,5)6)16-9-11-17(12-10-16)24-13-7-8-14-25(21,22)23/h9-12,18H,7-8,13-15H2,1-6H3,(H,21,22,23). The van der Waals surface area contributed by atoms with Gasteiger partial charge in [-0.15, -0.1) is 0 Å². The van der Waals surface area contributed by atoms with Gasteiger partial charge in [0.05, 0.1) is 12.4 Å². The van der Waals surface area contributed by atoms with Crippen LogP contribution in [0.15, 0.2) is 24.3 Å². The zero-order chi connectivity index (χ0) is 19.3. The molecule has 0 aromatic heterocycles. The van der Waals surface area contributed by atoms with Crippen molar-refractivity contribution in [2.75, 3.05) is 12.4 Å². The highest BCUT2D eigenvalue weighted by molar-refractivity contribution is 7.85. The predicted molar refractivity (Wildman–Crippen MR) is 104 cm³/mol. The molecule has 0 heterocycles. The maximum absolute atomic E-state index is 10.7. The molecule has 1 N–H and O–H groups in total. The summed E-state index contributed by atoms with van der Waals surface area (Å²) < 4.78 is 35.7. The van der Waals surface area contributed by atoms with Gasteiger partial charge in [0.2, 0.25) is 0 Å². The molecule has 0 spiro atoms. The van der Waals surface area contributed by atoms with Crippen molar-refractivity contribution in [3.05, 3.63) is 29.8 Å². The van der Waals surface area contributed by atoms with Gasteiger partial charge in [0, 0.05) is 0 Å². The number of unbranched alkanes of at least 4 members (excludes halogenated alkanes) is 1. The Morgan fingerprint density at radius 2 is 1.56 bits per heavy atom. The first kappa shape index (κ1) is 22.0. The van der Waals surface area contributed by atoms with Crippen LogP contribution < -0.4 is 4.74 Å². The fourth-order valence-electron chi connectivity index (χ4n) is 2.91. The van der Waals surface area contributed by atoms with Crippen LogP contribution >= 0.6 is 0 Å². The van der Waals surface area contributed by atoms with Gasteiger partial charge in [-0.2, -0.15) is 8.42 Å². The van der Waals surface area contributed by atoms with Crippen LogP contribution in [0.3, 0.4) is 0 Å². The SMILES string of the molecule is CC(C)(C)CC(c1ccc(OCCCCS(=O)(=O)O)cc1)C(C)(C)C. The Kier molecular flexibility index (Phi) is 7.51. The van der Waals surface area contributed by atoms with E-state index in [9.17, 15) is 8.42 Å². The van der Waals surface area contributed by atoms with E-state index in [2.05, 4.69) is 53.7 Å². The minimum Gasteiger partial charge on any atom is -0.494 e.